The van der Waals surface area contributed by atoms with Gasteiger partial charge in [0.25, 0.3) is 0 Å². The Morgan fingerprint density at radius 2 is 0.593 bits per heavy atom. The van der Waals surface area contributed by atoms with Crippen LogP contribution in [0.4, 0.5) is 17.1 Å². The van der Waals surface area contributed by atoms with Crippen molar-refractivity contribution in [2.45, 2.75) is 0 Å². The number of hydrogen-bond acceptors (Lipinski definition) is 1. The third-order valence-electron chi connectivity index (χ3n) is 17.4. The second-order valence-electron chi connectivity index (χ2n) is 22.3. The lowest BCUT2D eigenvalue weighted by Gasteiger charge is -2.28. The van der Waals surface area contributed by atoms with E-state index in [1.165, 1.54) is 121 Å². The van der Waals surface area contributed by atoms with Gasteiger partial charge in [-0.1, -0.05) is 267 Å². The van der Waals surface area contributed by atoms with Gasteiger partial charge >= 0.3 is 0 Å². The molecule has 16 aromatic rings. The molecule has 86 heavy (non-hydrogen) atoms. The zero-order valence-electron chi connectivity index (χ0n) is 47.2. The molecule has 15 aromatic carbocycles. The van der Waals surface area contributed by atoms with Crippen molar-refractivity contribution < 1.29 is 0 Å². The van der Waals surface area contributed by atoms with Gasteiger partial charge < -0.3 is 9.47 Å². The van der Waals surface area contributed by atoms with Gasteiger partial charge in [0.15, 0.2) is 0 Å². The summed E-state index contributed by atoms with van der Waals surface area (Å²) in [4.78, 5) is 2.42. The molecule has 0 radical (unpaired) electrons. The van der Waals surface area contributed by atoms with E-state index in [0.717, 1.165) is 33.8 Å². The maximum Gasteiger partial charge on any atom is 0.0541 e. The first-order valence-corrected chi connectivity index (χ1v) is 29.7. The molecule has 0 fully saturated rings. The van der Waals surface area contributed by atoms with E-state index in [0.29, 0.717) is 0 Å². The van der Waals surface area contributed by atoms with E-state index in [-0.39, 0.29) is 0 Å². The minimum atomic E-state index is 1.07. The summed E-state index contributed by atoms with van der Waals surface area (Å²) >= 11 is 0. The highest BCUT2D eigenvalue weighted by molar-refractivity contribution is 6.24. The monoisotopic (exact) mass is 1090 g/mol. The van der Waals surface area contributed by atoms with Gasteiger partial charge in [0.05, 0.1) is 16.7 Å². The van der Waals surface area contributed by atoms with E-state index in [4.69, 9.17) is 0 Å². The molecule has 2 nitrogen and oxygen atoms in total. The molecule has 1 heterocycles. The third kappa shape index (κ3) is 8.74. The van der Waals surface area contributed by atoms with Crippen LogP contribution >= 0.6 is 0 Å². The molecule has 0 unspecified atom stereocenters. The average molecular weight is 1090 g/mol. The van der Waals surface area contributed by atoms with Crippen LogP contribution in [0.15, 0.2) is 340 Å². The van der Waals surface area contributed by atoms with Crippen LogP contribution in [0.25, 0.3) is 138 Å². The van der Waals surface area contributed by atoms with Crippen LogP contribution in [-0.2, 0) is 0 Å². The zero-order valence-corrected chi connectivity index (χ0v) is 47.2. The molecule has 16 rings (SSSR count). The number of hydrogen-bond donors (Lipinski definition) is 0. The van der Waals surface area contributed by atoms with Gasteiger partial charge in [0.2, 0.25) is 0 Å². The molecule has 0 amide bonds. The fourth-order valence-electron chi connectivity index (χ4n) is 13.5. The van der Waals surface area contributed by atoms with E-state index >= 15 is 0 Å². The second-order valence-corrected chi connectivity index (χ2v) is 22.3. The molecule has 0 aliphatic carbocycles. The Labute approximate surface area is 501 Å². The van der Waals surface area contributed by atoms with Crippen molar-refractivity contribution in [3.8, 4) is 83.6 Å². The number of fused-ring (bicyclic) bond motifs is 6. The summed E-state index contributed by atoms with van der Waals surface area (Å²) in [5.74, 6) is 0. The first kappa shape index (κ1) is 50.4. The highest BCUT2D eigenvalue weighted by Crippen LogP contribution is 2.49. The highest BCUT2D eigenvalue weighted by atomic mass is 15.1. The molecule has 0 atom stereocenters. The van der Waals surface area contributed by atoms with Crippen LogP contribution < -0.4 is 4.90 Å². The van der Waals surface area contributed by atoms with Crippen molar-refractivity contribution in [3.63, 3.8) is 0 Å². The summed E-state index contributed by atoms with van der Waals surface area (Å²) < 4.78 is 2.45. The summed E-state index contributed by atoms with van der Waals surface area (Å²) in [7, 11) is 0. The van der Waals surface area contributed by atoms with E-state index < -0.39 is 0 Å². The van der Waals surface area contributed by atoms with Crippen LogP contribution in [0.3, 0.4) is 0 Å². The van der Waals surface area contributed by atoms with Crippen molar-refractivity contribution in [1.29, 1.82) is 0 Å². The largest absolute Gasteiger partial charge is 0.310 e. The van der Waals surface area contributed by atoms with E-state index in [2.05, 4.69) is 349 Å². The van der Waals surface area contributed by atoms with Crippen molar-refractivity contribution in [2.75, 3.05) is 4.90 Å². The van der Waals surface area contributed by atoms with Crippen LogP contribution in [0.1, 0.15) is 0 Å². The normalized spacial score (nSPS) is 11.5. The van der Waals surface area contributed by atoms with Crippen molar-refractivity contribution in [3.05, 3.63) is 340 Å². The lowest BCUT2D eigenvalue weighted by Crippen LogP contribution is -2.10. The lowest BCUT2D eigenvalue weighted by molar-refractivity contribution is 1.17. The van der Waals surface area contributed by atoms with Gasteiger partial charge in [-0.15, -0.1) is 0 Å². The molecule has 0 saturated heterocycles. The fourth-order valence-corrected chi connectivity index (χ4v) is 13.5. The third-order valence-corrected chi connectivity index (χ3v) is 17.4. The first-order valence-electron chi connectivity index (χ1n) is 29.7. The van der Waals surface area contributed by atoms with Gasteiger partial charge in [0, 0.05) is 33.2 Å². The standard InChI is InChI=1S/C84H56N2/c1-5-24-57(25-6-1)60-30-23-31-63(54-60)83-73-40-19-21-42-75(73)84(76-43-22-20-41-74(76)83)77-50-53-80(72-39-18-17-38-71(72)77)85(64-32-11-4-12-33-64)65-46-48-66(49-47-65)86-81-51-44-61(69-36-15-13-34-67(69)58-26-7-2-8-27-58)55-78(81)79-56-62(45-52-82(79)86)70-37-16-14-35-68(70)59-28-9-3-10-29-59/h1-56H. The molecule has 0 aliphatic rings. The average Bonchev–Trinajstić information content (AvgIpc) is 1.32. The molecular formula is C84H56N2. The first-order chi connectivity index (χ1) is 42.7. The predicted octanol–water partition coefficient (Wildman–Crippen LogP) is 23.4. The molecule has 1 aromatic heterocycles. The summed E-state index contributed by atoms with van der Waals surface area (Å²) in [5, 5.41) is 9.69. The molecule has 2 heteroatoms. The topological polar surface area (TPSA) is 8.17 Å². The van der Waals surface area contributed by atoms with Crippen molar-refractivity contribution >= 4 is 71.2 Å². The minimum absolute atomic E-state index is 1.07. The summed E-state index contributed by atoms with van der Waals surface area (Å²) in [5.41, 5.74) is 23.6. The quantitative estimate of drug-likeness (QED) is 0.117. The lowest BCUT2D eigenvalue weighted by atomic mass is 9.84. The Balaban J connectivity index is 0.843. The molecule has 0 saturated carbocycles. The van der Waals surface area contributed by atoms with Gasteiger partial charge in [-0.2, -0.15) is 0 Å². The van der Waals surface area contributed by atoms with Gasteiger partial charge in [-0.05, 0) is 178 Å². The van der Waals surface area contributed by atoms with E-state index in [9.17, 15) is 0 Å². The fraction of sp³-hybridized carbons (Fsp3) is 0. The molecule has 0 bridgehead atoms. The Kier molecular flexibility index (Phi) is 12.6. The maximum atomic E-state index is 2.45. The Morgan fingerprint density at radius 1 is 0.198 bits per heavy atom. The van der Waals surface area contributed by atoms with Crippen LogP contribution in [0.5, 0.6) is 0 Å². The van der Waals surface area contributed by atoms with Gasteiger partial charge in [0.1, 0.15) is 0 Å². The van der Waals surface area contributed by atoms with Crippen LogP contribution in [-0.4, -0.2) is 4.57 Å². The van der Waals surface area contributed by atoms with Crippen molar-refractivity contribution in [1.82, 2.24) is 4.57 Å². The number of anilines is 3. The summed E-state index contributed by atoms with van der Waals surface area (Å²) in [6.07, 6.45) is 0. The minimum Gasteiger partial charge on any atom is -0.310 e. The van der Waals surface area contributed by atoms with Crippen LogP contribution in [0.2, 0.25) is 0 Å². The second kappa shape index (κ2) is 21.5. The number of para-hydroxylation sites is 1. The van der Waals surface area contributed by atoms with E-state index in [1.54, 1.807) is 0 Å². The van der Waals surface area contributed by atoms with E-state index in [1.807, 2.05) is 0 Å². The van der Waals surface area contributed by atoms with Gasteiger partial charge in [-0.25, -0.2) is 0 Å². The Bertz CT molecular complexity index is 5000. The number of nitrogens with zero attached hydrogens (tertiary/aromatic N) is 2. The Morgan fingerprint density at radius 3 is 1.12 bits per heavy atom. The summed E-state index contributed by atoms with van der Waals surface area (Å²) in [6.45, 7) is 0. The molecule has 0 N–H and O–H groups in total. The number of benzene rings is 15. The summed E-state index contributed by atoms with van der Waals surface area (Å²) in [6, 6.07) is 125. The molecular weight excluding hydrogens is 1040 g/mol. The predicted molar refractivity (Wildman–Crippen MR) is 366 cm³/mol. The smallest absolute Gasteiger partial charge is 0.0541 e. The van der Waals surface area contributed by atoms with Gasteiger partial charge in [-0.3, -0.25) is 0 Å². The number of rotatable bonds is 11. The molecule has 402 valence electrons. The zero-order chi connectivity index (χ0) is 56.9. The van der Waals surface area contributed by atoms with Crippen molar-refractivity contribution in [2.24, 2.45) is 0 Å². The number of aromatic nitrogens is 1. The SMILES string of the molecule is c1ccc(-c2cccc(-c3c4ccccc4c(-c4ccc(N(c5ccccc5)c5ccc(-n6c7ccc(-c8ccccc8-c8ccccc8)cc7c7cc(-c8ccccc8-c8ccccc8)ccc76)cc5)c5ccccc45)c4ccccc34)c2)cc1. The maximum absolute atomic E-state index is 2.45. The molecule has 0 aliphatic heterocycles. The molecule has 0 spiro atoms. The van der Waals surface area contributed by atoms with Crippen LogP contribution in [0, 0.1) is 0 Å². The Hall–Kier alpha value is -11.3. The highest BCUT2D eigenvalue weighted by Gasteiger charge is 2.23.